The summed E-state index contributed by atoms with van der Waals surface area (Å²) in [4.78, 5) is 26.2. The molecular formula is C22H26ClN3O4S. The van der Waals surface area contributed by atoms with E-state index < -0.39 is 15.9 Å². The lowest BCUT2D eigenvalue weighted by molar-refractivity contribution is -0.128. The van der Waals surface area contributed by atoms with Crippen LogP contribution in [0.4, 0.5) is 5.69 Å². The van der Waals surface area contributed by atoms with Gasteiger partial charge < -0.3 is 10.2 Å². The molecule has 0 unspecified atom stereocenters. The number of halogens is 1. The zero-order valence-corrected chi connectivity index (χ0v) is 19.2. The highest BCUT2D eigenvalue weighted by molar-refractivity contribution is 7.92. The second kappa shape index (κ2) is 9.70. The van der Waals surface area contributed by atoms with Crippen molar-refractivity contribution < 1.29 is 18.0 Å². The van der Waals surface area contributed by atoms with Crippen LogP contribution in [0.25, 0.3) is 0 Å². The molecule has 1 N–H and O–H groups in total. The highest BCUT2D eigenvalue weighted by atomic mass is 35.5. The average Bonchev–Trinajstić information content (AvgIpc) is 3.09. The summed E-state index contributed by atoms with van der Waals surface area (Å²) >= 11 is 5.96. The number of carbonyl (C=O) groups excluding carboxylic acids is 2. The van der Waals surface area contributed by atoms with Crippen molar-refractivity contribution >= 4 is 39.1 Å². The number of rotatable bonds is 8. The molecule has 0 aromatic heterocycles. The van der Waals surface area contributed by atoms with E-state index in [2.05, 4.69) is 5.32 Å². The molecule has 1 saturated heterocycles. The highest BCUT2D eigenvalue weighted by Crippen LogP contribution is 2.25. The Kier molecular flexibility index (Phi) is 7.23. The predicted molar refractivity (Wildman–Crippen MR) is 121 cm³/mol. The molecule has 2 aromatic carbocycles. The van der Waals surface area contributed by atoms with Crippen molar-refractivity contribution in [3.05, 3.63) is 64.2 Å². The summed E-state index contributed by atoms with van der Waals surface area (Å²) in [6.45, 7) is 3.00. The van der Waals surface area contributed by atoms with Gasteiger partial charge in [0.15, 0.2) is 0 Å². The summed E-state index contributed by atoms with van der Waals surface area (Å²) in [7, 11) is -3.66. The molecule has 7 nitrogen and oxygen atoms in total. The first-order chi connectivity index (χ1) is 14.6. The summed E-state index contributed by atoms with van der Waals surface area (Å²) in [6, 6.07) is 12.5. The second-order valence-corrected chi connectivity index (χ2v) is 10.1. The van der Waals surface area contributed by atoms with Crippen molar-refractivity contribution in [3.8, 4) is 0 Å². The summed E-state index contributed by atoms with van der Waals surface area (Å²) in [5.41, 5.74) is 2.96. The summed E-state index contributed by atoms with van der Waals surface area (Å²) < 4.78 is 25.7. The van der Waals surface area contributed by atoms with Gasteiger partial charge in [-0.05, 0) is 48.2 Å². The Morgan fingerprint density at radius 1 is 1.19 bits per heavy atom. The van der Waals surface area contributed by atoms with Gasteiger partial charge in [0.1, 0.15) is 6.54 Å². The number of hydrogen-bond donors (Lipinski definition) is 1. The fraction of sp³-hybridized carbons (Fsp3) is 0.364. The molecule has 166 valence electrons. The summed E-state index contributed by atoms with van der Waals surface area (Å²) in [5, 5.41) is 3.28. The van der Waals surface area contributed by atoms with E-state index in [0.29, 0.717) is 29.2 Å². The number of nitrogens with zero attached hydrogens (tertiary/aromatic N) is 2. The Hall–Kier alpha value is -2.58. The first kappa shape index (κ1) is 23.1. The molecule has 1 fully saturated rings. The van der Waals surface area contributed by atoms with E-state index in [-0.39, 0.29) is 19.0 Å². The highest BCUT2D eigenvalue weighted by Gasteiger charge is 2.23. The Bertz CT molecular complexity index is 1090. The Balaban J connectivity index is 1.64. The normalized spacial score (nSPS) is 14.0. The smallest absolute Gasteiger partial charge is 0.241 e. The minimum atomic E-state index is -3.66. The first-order valence-corrected chi connectivity index (χ1v) is 12.2. The van der Waals surface area contributed by atoms with Crippen molar-refractivity contribution in [2.75, 3.05) is 23.7 Å². The largest absolute Gasteiger partial charge is 0.350 e. The molecule has 1 aliphatic heterocycles. The molecule has 1 heterocycles. The van der Waals surface area contributed by atoms with Gasteiger partial charge in [0.05, 0.1) is 11.9 Å². The lowest BCUT2D eigenvalue weighted by Crippen LogP contribution is -2.40. The molecule has 0 spiro atoms. The van der Waals surface area contributed by atoms with Gasteiger partial charge in [0.2, 0.25) is 21.8 Å². The van der Waals surface area contributed by atoms with Crippen LogP contribution in [0, 0.1) is 6.92 Å². The number of sulfonamides is 1. The monoisotopic (exact) mass is 463 g/mol. The number of hydrogen-bond acceptors (Lipinski definition) is 4. The van der Waals surface area contributed by atoms with Crippen LogP contribution < -0.4 is 9.62 Å². The quantitative estimate of drug-likeness (QED) is 0.652. The lowest BCUT2D eigenvalue weighted by Gasteiger charge is -2.23. The Morgan fingerprint density at radius 2 is 1.94 bits per heavy atom. The maximum atomic E-state index is 12.5. The third-order valence-corrected chi connectivity index (χ3v) is 6.50. The van der Waals surface area contributed by atoms with E-state index in [1.54, 1.807) is 25.1 Å². The van der Waals surface area contributed by atoms with Crippen molar-refractivity contribution in [1.29, 1.82) is 0 Å². The van der Waals surface area contributed by atoms with E-state index in [0.717, 1.165) is 34.7 Å². The van der Waals surface area contributed by atoms with Gasteiger partial charge in [-0.25, -0.2) is 8.42 Å². The fourth-order valence-corrected chi connectivity index (χ4v) is 4.74. The minimum Gasteiger partial charge on any atom is -0.350 e. The minimum absolute atomic E-state index is 0.164. The molecule has 0 radical (unpaired) electrons. The number of nitrogens with one attached hydrogen (secondary N) is 1. The van der Waals surface area contributed by atoms with Gasteiger partial charge in [-0.2, -0.15) is 0 Å². The molecule has 1 aliphatic rings. The standard InChI is InChI=1S/C22H26ClN3O4S/c1-16-11-19(23)8-9-20(16)26(31(2,29)30)15-21(27)24-13-17-5-3-6-18(12-17)14-25-10-4-7-22(25)28/h3,5-6,8-9,11-12H,4,7,10,13-15H2,1-2H3,(H,24,27). The SMILES string of the molecule is Cc1cc(Cl)ccc1N(CC(=O)NCc1cccc(CN2CCCC2=O)c1)S(C)(=O)=O. The van der Waals surface area contributed by atoms with Crippen LogP contribution in [0.5, 0.6) is 0 Å². The fourth-order valence-electron chi connectivity index (χ4n) is 3.60. The van der Waals surface area contributed by atoms with E-state index in [9.17, 15) is 18.0 Å². The van der Waals surface area contributed by atoms with Crippen LogP contribution in [0.2, 0.25) is 5.02 Å². The zero-order valence-electron chi connectivity index (χ0n) is 17.6. The van der Waals surface area contributed by atoms with Crippen LogP contribution in [0.1, 0.15) is 29.5 Å². The number of anilines is 1. The maximum absolute atomic E-state index is 12.5. The van der Waals surface area contributed by atoms with Gasteiger partial charge in [-0.1, -0.05) is 35.9 Å². The predicted octanol–water partition coefficient (Wildman–Crippen LogP) is 2.85. The van der Waals surface area contributed by atoms with E-state index >= 15 is 0 Å². The summed E-state index contributed by atoms with van der Waals surface area (Å²) in [6.07, 6.45) is 2.55. The van der Waals surface area contributed by atoms with Crippen molar-refractivity contribution in [1.82, 2.24) is 10.2 Å². The molecule has 0 saturated carbocycles. The van der Waals surface area contributed by atoms with Crippen molar-refractivity contribution in [3.63, 3.8) is 0 Å². The number of amides is 2. The summed E-state index contributed by atoms with van der Waals surface area (Å²) in [5.74, 6) is -0.253. The van der Waals surface area contributed by atoms with E-state index in [4.69, 9.17) is 11.6 Å². The molecule has 0 aliphatic carbocycles. The average molecular weight is 464 g/mol. The van der Waals surface area contributed by atoms with Crippen LogP contribution in [-0.4, -0.2) is 44.5 Å². The van der Waals surface area contributed by atoms with E-state index in [1.807, 2.05) is 29.2 Å². The number of likely N-dealkylation sites (tertiary alicyclic amines) is 1. The Morgan fingerprint density at radius 3 is 2.58 bits per heavy atom. The second-order valence-electron chi connectivity index (χ2n) is 7.72. The molecule has 3 rings (SSSR count). The molecule has 2 amide bonds. The molecular weight excluding hydrogens is 438 g/mol. The van der Waals surface area contributed by atoms with Crippen LogP contribution >= 0.6 is 11.6 Å². The van der Waals surface area contributed by atoms with Gasteiger partial charge >= 0.3 is 0 Å². The van der Waals surface area contributed by atoms with Gasteiger partial charge in [-0.3, -0.25) is 13.9 Å². The third kappa shape index (κ3) is 6.21. The molecule has 31 heavy (non-hydrogen) atoms. The van der Waals surface area contributed by atoms with Gasteiger partial charge in [0, 0.05) is 31.1 Å². The molecule has 2 aromatic rings. The molecule has 9 heteroatoms. The topological polar surface area (TPSA) is 86.8 Å². The number of carbonyl (C=O) groups is 2. The third-order valence-electron chi connectivity index (χ3n) is 5.14. The first-order valence-electron chi connectivity index (χ1n) is 9.99. The lowest BCUT2D eigenvalue weighted by atomic mass is 10.1. The maximum Gasteiger partial charge on any atom is 0.241 e. The Labute approximate surface area is 188 Å². The van der Waals surface area contributed by atoms with Crippen LogP contribution in [0.3, 0.4) is 0 Å². The van der Waals surface area contributed by atoms with Crippen molar-refractivity contribution in [2.24, 2.45) is 0 Å². The molecule has 0 bridgehead atoms. The number of aryl methyl sites for hydroxylation is 1. The van der Waals surface area contributed by atoms with Crippen molar-refractivity contribution in [2.45, 2.75) is 32.9 Å². The zero-order chi connectivity index (χ0) is 22.6. The van der Waals surface area contributed by atoms with Gasteiger partial charge in [0.25, 0.3) is 0 Å². The van der Waals surface area contributed by atoms with E-state index in [1.165, 1.54) is 0 Å². The van der Waals surface area contributed by atoms with Crippen LogP contribution in [0.15, 0.2) is 42.5 Å². The molecule has 0 atom stereocenters. The van der Waals surface area contributed by atoms with Gasteiger partial charge in [-0.15, -0.1) is 0 Å². The number of benzene rings is 2. The van der Waals surface area contributed by atoms with Crippen LogP contribution in [-0.2, 0) is 32.7 Å².